The van der Waals surface area contributed by atoms with E-state index in [1.165, 1.54) is 32.7 Å². The summed E-state index contributed by atoms with van der Waals surface area (Å²) in [6.45, 7) is 6.27. The minimum absolute atomic E-state index is 0.257. The number of rotatable bonds is 2. The van der Waals surface area contributed by atoms with Crippen molar-refractivity contribution in [2.24, 2.45) is 0 Å². The van der Waals surface area contributed by atoms with E-state index in [-0.39, 0.29) is 5.63 Å². The molecule has 0 spiro atoms. The van der Waals surface area contributed by atoms with Gasteiger partial charge in [0.15, 0.2) is 0 Å². The van der Waals surface area contributed by atoms with E-state index in [4.69, 9.17) is 4.42 Å². The summed E-state index contributed by atoms with van der Waals surface area (Å²) in [5.74, 6) is 0. The molecule has 0 amide bonds. The quantitative estimate of drug-likeness (QED) is 0.255. The van der Waals surface area contributed by atoms with Crippen LogP contribution in [0.15, 0.2) is 75.9 Å². The molecule has 5 aromatic rings. The summed E-state index contributed by atoms with van der Waals surface area (Å²) in [6, 6.07) is 23.3. The average Bonchev–Trinajstić information content (AvgIpc) is 2.67. The molecule has 0 N–H and O–H groups in total. The molecule has 1 aromatic heterocycles. The topological polar surface area (TPSA) is 30.2 Å². The van der Waals surface area contributed by atoms with Crippen molar-refractivity contribution in [3.05, 3.63) is 105 Å². The molecular formula is C27H22O2. The average molecular weight is 378 g/mol. The van der Waals surface area contributed by atoms with Crippen LogP contribution < -0.4 is 5.63 Å². The zero-order valence-electron chi connectivity index (χ0n) is 16.9. The molecule has 0 saturated heterocycles. The number of fused-ring (bicyclic) bond motifs is 3. The highest BCUT2D eigenvalue weighted by molar-refractivity contribution is 6.00. The summed E-state index contributed by atoms with van der Waals surface area (Å²) >= 11 is 0. The molecule has 0 aliphatic rings. The van der Waals surface area contributed by atoms with Crippen LogP contribution in [0.3, 0.4) is 0 Å². The van der Waals surface area contributed by atoms with E-state index in [0.717, 1.165) is 16.5 Å². The third-order valence-corrected chi connectivity index (χ3v) is 5.64. The molecule has 0 aliphatic carbocycles. The van der Waals surface area contributed by atoms with Gasteiger partial charge in [0, 0.05) is 17.4 Å². The van der Waals surface area contributed by atoms with Crippen LogP contribution in [0.4, 0.5) is 0 Å². The first kappa shape index (κ1) is 17.7. The van der Waals surface area contributed by atoms with Gasteiger partial charge in [0.1, 0.15) is 5.58 Å². The van der Waals surface area contributed by atoms with Crippen LogP contribution in [0, 0.1) is 20.8 Å². The second-order valence-electron chi connectivity index (χ2n) is 8.13. The van der Waals surface area contributed by atoms with Crippen LogP contribution >= 0.6 is 0 Å². The largest absolute Gasteiger partial charge is 0.423 e. The fourth-order valence-electron chi connectivity index (χ4n) is 4.23. The Kier molecular flexibility index (Phi) is 4.02. The predicted molar refractivity (Wildman–Crippen MR) is 121 cm³/mol. The first-order chi connectivity index (χ1) is 14.0. The maximum atomic E-state index is 12.6. The van der Waals surface area contributed by atoms with E-state index < -0.39 is 0 Å². The van der Waals surface area contributed by atoms with Gasteiger partial charge in [-0.25, -0.2) is 4.79 Å². The Labute approximate surface area is 169 Å². The Morgan fingerprint density at radius 3 is 2.17 bits per heavy atom. The molecule has 0 fully saturated rings. The van der Waals surface area contributed by atoms with Crippen LogP contribution in [0.5, 0.6) is 0 Å². The fourth-order valence-corrected chi connectivity index (χ4v) is 4.23. The second kappa shape index (κ2) is 6.59. The highest BCUT2D eigenvalue weighted by Gasteiger charge is 2.11. The van der Waals surface area contributed by atoms with Crippen molar-refractivity contribution >= 4 is 32.5 Å². The molecule has 0 aliphatic heterocycles. The lowest BCUT2D eigenvalue weighted by Gasteiger charge is -2.11. The van der Waals surface area contributed by atoms with E-state index in [9.17, 15) is 4.79 Å². The predicted octanol–water partition coefficient (Wildman–Crippen LogP) is 6.62. The lowest BCUT2D eigenvalue weighted by atomic mass is 9.94. The summed E-state index contributed by atoms with van der Waals surface area (Å²) in [5, 5.41) is 5.83. The molecule has 4 aromatic carbocycles. The van der Waals surface area contributed by atoms with Crippen LogP contribution in [-0.4, -0.2) is 0 Å². The lowest BCUT2D eigenvalue weighted by molar-refractivity contribution is 0.552. The zero-order valence-corrected chi connectivity index (χ0v) is 16.9. The molecule has 0 atom stereocenters. The summed E-state index contributed by atoms with van der Waals surface area (Å²) < 4.78 is 5.59. The van der Waals surface area contributed by atoms with Crippen molar-refractivity contribution in [2.45, 2.75) is 27.2 Å². The Morgan fingerprint density at radius 2 is 1.34 bits per heavy atom. The van der Waals surface area contributed by atoms with Gasteiger partial charge in [-0.05, 0) is 78.2 Å². The van der Waals surface area contributed by atoms with E-state index in [0.29, 0.717) is 17.6 Å². The SMILES string of the molecule is Cc1ccc2cc3c(Cc4cc5cc(C)ccc5oc4=O)cc(C)cc3cc2c1. The van der Waals surface area contributed by atoms with Crippen LogP contribution in [0.2, 0.25) is 0 Å². The van der Waals surface area contributed by atoms with Crippen molar-refractivity contribution in [1.29, 1.82) is 0 Å². The van der Waals surface area contributed by atoms with E-state index >= 15 is 0 Å². The first-order valence-corrected chi connectivity index (χ1v) is 9.93. The van der Waals surface area contributed by atoms with E-state index in [2.05, 4.69) is 62.4 Å². The molecule has 0 radical (unpaired) electrons. The maximum Gasteiger partial charge on any atom is 0.339 e. The second-order valence-corrected chi connectivity index (χ2v) is 8.13. The van der Waals surface area contributed by atoms with Gasteiger partial charge in [-0.15, -0.1) is 0 Å². The van der Waals surface area contributed by atoms with Crippen LogP contribution in [0.25, 0.3) is 32.5 Å². The maximum absolute atomic E-state index is 12.6. The minimum atomic E-state index is -0.257. The van der Waals surface area contributed by atoms with Gasteiger partial charge in [0.2, 0.25) is 0 Å². The van der Waals surface area contributed by atoms with Crippen molar-refractivity contribution in [3.8, 4) is 0 Å². The molecule has 1 heterocycles. The van der Waals surface area contributed by atoms with Gasteiger partial charge in [0.05, 0.1) is 0 Å². The lowest BCUT2D eigenvalue weighted by Crippen LogP contribution is -2.08. The number of aryl methyl sites for hydroxylation is 3. The minimum Gasteiger partial charge on any atom is -0.423 e. The number of hydrogen-bond donors (Lipinski definition) is 0. The van der Waals surface area contributed by atoms with Crippen molar-refractivity contribution in [2.75, 3.05) is 0 Å². The molecule has 142 valence electrons. The first-order valence-electron chi connectivity index (χ1n) is 9.93. The molecule has 0 unspecified atom stereocenters. The normalized spacial score (nSPS) is 11.6. The van der Waals surface area contributed by atoms with Crippen molar-refractivity contribution in [3.63, 3.8) is 0 Å². The van der Waals surface area contributed by atoms with Crippen molar-refractivity contribution < 1.29 is 4.42 Å². The van der Waals surface area contributed by atoms with Gasteiger partial charge < -0.3 is 4.42 Å². The highest BCUT2D eigenvalue weighted by Crippen LogP contribution is 2.29. The van der Waals surface area contributed by atoms with Gasteiger partial charge in [-0.2, -0.15) is 0 Å². The monoisotopic (exact) mass is 378 g/mol. The van der Waals surface area contributed by atoms with E-state index in [1.807, 2.05) is 25.1 Å². The summed E-state index contributed by atoms with van der Waals surface area (Å²) in [5.41, 5.74) is 5.84. The van der Waals surface area contributed by atoms with Gasteiger partial charge >= 0.3 is 5.63 Å². The fraction of sp³-hybridized carbons (Fsp3) is 0.148. The summed E-state index contributed by atoms with van der Waals surface area (Å²) in [7, 11) is 0. The summed E-state index contributed by atoms with van der Waals surface area (Å²) in [6.07, 6.45) is 0.557. The zero-order chi connectivity index (χ0) is 20.1. The Balaban J connectivity index is 1.70. The molecule has 29 heavy (non-hydrogen) atoms. The standard InChI is InChI=1S/C27H22O2/c1-16-4-6-19-15-25-21(12-20(19)8-16)10-18(3)11-22(25)13-24-14-23-9-17(2)5-7-26(23)29-27(24)28/h4-12,14-15H,13H2,1-3H3. The number of benzene rings is 4. The van der Waals surface area contributed by atoms with Gasteiger partial charge in [-0.1, -0.05) is 53.1 Å². The Hall–Kier alpha value is -3.39. The Bertz CT molecular complexity index is 1470. The molecule has 5 rings (SSSR count). The van der Waals surface area contributed by atoms with Gasteiger partial charge in [-0.3, -0.25) is 0 Å². The summed E-state index contributed by atoms with van der Waals surface area (Å²) in [4.78, 5) is 12.6. The number of hydrogen-bond acceptors (Lipinski definition) is 2. The third kappa shape index (κ3) is 3.21. The van der Waals surface area contributed by atoms with E-state index in [1.54, 1.807) is 0 Å². The molecule has 2 heteroatoms. The van der Waals surface area contributed by atoms with Crippen LogP contribution in [0.1, 0.15) is 27.8 Å². The molecule has 0 saturated carbocycles. The molecule has 0 bridgehead atoms. The van der Waals surface area contributed by atoms with Gasteiger partial charge in [0.25, 0.3) is 0 Å². The van der Waals surface area contributed by atoms with Crippen molar-refractivity contribution in [1.82, 2.24) is 0 Å². The van der Waals surface area contributed by atoms with Crippen LogP contribution in [-0.2, 0) is 6.42 Å². The highest BCUT2D eigenvalue weighted by atomic mass is 16.4. The molecular weight excluding hydrogens is 356 g/mol. The smallest absolute Gasteiger partial charge is 0.339 e. The Morgan fingerprint density at radius 1 is 0.621 bits per heavy atom. The molecule has 2 nitrogen and oxygen atoms in total. The third-order valence-electron chi connectivity index (χ3n) is 5.64.